The predicted octanol–water partition coefficient (Wildman–Crippen LogP) is 1.83. The van der Waals surface area contributed by atoms with Gasteiger partial charge >= 0.3 is 0 Å². The molecule has 1 aromatic carbocycles. The summed E-state index contributed by atoms with van der Waals surface area (Å²) in [4.78, 5) is 13.3. The van der Waals surface area contributed by atoms with Crippen LogP contribution in [-0.4, -0.2) is 44.2 Å². The van der Waals surface area contributed by atoms with Gasteiger partial charge in [0.15, 0.2) is 17.6 Å². The molecule has 5 nitrogen and oxygen atoms in total. The summed E-state index contributed by atoms with van der Waals surface area (Å²) in [7, 11) is 4.99. The van der Waals surface area contributed by atoms with Crippen LogP contribution in [0.5, 0.6) is 11.5 Å². The summed E-state index contributed by atoms with van der Waals surface area (Å²) in [6.07, 6.45) is 1.16. The number of hydrogen-bond acceptors (Lipinski definition) is 4. The third-order valence-corrected chi connectivity index (χ3v) is 3.34. The maximum absolute atomic E-state index is 11.8. The zero-order valence-electron chi connectivity index (χ0n) is 13.6. The summed E-state index contributed by atoms with van der Waals surface area (Å²) in [6, 6.07) is 5.84. The van der Waals surface area contributed by atoms with Gasteiger partial charge in [0, 0.05) is 20.1 Å². The Morgan fingerprint density at radius 3 is 2.52 bits per heavy atom. The average molecular weight is 294 g/mol. The van der Waals surface area contributed by atoms with Crippen LogP contribution in [0.25, 0.3) is 0 Å². The minimum Gasteiger partial charge on any atom is -0.493 e. The van der Waals surface area contributed by atoms with Gasteiger partial charge in [0.1, 0.15) is 0 Å². The number of carbonyl (C=O) groups excluding carboxylic acids is 1. The van der Waals surface area contributed by atoms with E-state index in [4.69, 9.17) is 15.2 Å². The minimum atomic E-state index is -0.558. The van der Waals surface area contributed by atoms with Crippen LogP contribution in [0.1, 0.15) is 25.8 Å². The minimum absolute atomic E-state index is 0.0888. The monoisotopic (exact) mass is 294 g/mol. The average Bonchev–Trinajstić information content (AvgIpc) is 2.47. The second-order valence-corrected chi connectivity index (χ2v) is 5.35. The van der Waals surface area contributed by atoms with E-state index >= 15 is 0 Å². The Bertz CT molecular complexity index is 475. The number of benzene rings is 1. The molecule has 0 aliphatic carbocycles. The standard InChI is InChI=1S/C16H26N2O3/c1-6-13(17)9-12-7-8-14(15(10-12)20-5)21-11(2)16(19)18(3)4/h7-8,10-11,13H,6,9,17H2,1-5H3. The van der Waals surface area contributed by atoms with E-state index in [9.17, 15) is 4.79 Å². The lowest BCUT2D eigenvalue weighted by Crippen LogP contribution is -2.35. The highest BCUT2D eigenvalue weighted by atomic mass is 16.5. The van der Waals surface area contributed by atoms with Gasteiger partial charge in [-0.2, -0.15) is 0 Å². The van der Waals surface area contributed by atoms with Crippen molar-refractivity contribution in [1.29, 1.82) is 0 Å². The first-order chi connectivity index (χ1) is 9.88. The van der Waals surface area contributed by atoms with Crippen LogP contribution in [0.4, 0.5) is 0 Å². The summed E-state index contributed by atoms with van der Waals surface area (Å²) in [5.41, 5.74) is 7.06. The first-order valence-electron chi connectivity index (χ1n) is 7.19. The van der Waals surface area contributed by atoms with Gasteiger partial charge in [-0.1, -0.05) is 13.0 Å². The summed E-state index contributed by atoms with van der Waals surface area (Å²) in [5.74, 6) is 1.09. The van der Waals surface area contributed by atoms with Crippen molar-refractivity contribution < 1.29 is 14.3 Å². The topological polar surface area (TPSA) is 64.8 Å². The molecule has 0 spiro atoms. The molecule has 0 fully saturated rings. The van der Waals surface area contributed by atoms with Crippen molar-refractivity contribution >= 4 is 5.91 Å². The van der Waals surface area contributed by atoms with E-state index in [-0.39, 0.29) is 11.9 Å². The van der Waals surface area contributed by atoms with Crippen molar-refractivity contribution in [1.82, 2.24) is 4.90 Å². The van der Waals surface area contributed by atoms with Gasteiger partial charge in [0.25, 0.3) is 5.91 Å². The Morgan fingerprint density at radius 2 is 2.00 bits per heavy atom. The number of hydrogen-bond donors (Lipinski definition) is 1. The summed E-state index contributed by atoms with van der Waals surface area (Å²) in [6.45, 7) is 3.79. The second-order valence-electron chi connectivity index (χ2n) is 5.35. The van der Waals surface area contributed by atoms with E-state index in [1.807, 2.05) is 18.2 Å². The molecule has 0 aliphatic heterocycles. The van der Waals surface area contributed by atoms with Gasteiger partial charge in [0.05, 0.1) is 7.11 Å². The fraction of sp³-hybridized carbons (Fsp3) is 0.562. The molecule has 0 aromatic heterocycles. The zero-order valence-corrected chi connectivity index (χ0v) is 13.6. The molecule has 2 N–H and O–H groups in total. The first kappa shape index (κ1) is 17.3. The molecule has 1 aromatic rings. The normalized spacial score (nSPS) is 13.4. The highest BCUT2D eigenvalue weighted by Crippen LogP contribution is 2.29. The number of nitrogens with two attached hydrogens (primary N) is 1. The van der Waals surface area contributed by atoms with Crippen LogP contribution in [-0.2, 0) is 11.2 Å². The third kappa shape index (κ3) is 4.93. The molecule has 118 valence electrons. The van der Waals surface area contributed by atoms with Gasteiger partial charge in [0.2, 0.25) is 0 Å². The Labute approximate surface area is 127 Å². The van der Waals surface area contributed by atoms with E-state index in [1.165, 1.54) is 4.90 Å². The van der Waals surface area contributed by atoms with Crippen molar-refractivity contribution in [2.24, 2.45) is 5.73 Å². The van der Waals surface area contributed by atoms with Crippen molar-refractivity contribution in [3.63, 3.8) is 0 Å². The van der Waals surface area contributed by atoms with E-state index < -0.39 is 6.10 Å². The molecule has 0 saturated carbocycles. The van der Waals surface area contributed by atoms with Crippen LogP contribution in [0.15, 0.2) is 18.2 Å². The van der Waals surface area contributed by atoms with E-state index in [0.717, 1.165) is 18.4 Å². The molecular formula is C16H26N2O3. The third-order valence-electron chi connectivity index (χ3n) is 3.34. The molecular weight excluding hydrogens is 268 g/mol. The van der Waals surface area contributed by atoms with E-state index in [1.54, 1.807) is 28.1 Å². The predicted molar refractivity (Wildman–Crippen MR) is 83.7 cm³/mol. The number of carbonyl (C=O) groups is 1. The number of amides is 1. The van der Waals surface area contributed by atoms with Crippen molar-refractivity contribution in [2.45, 2.75) is 38.8 Å². The second kappa shape index (κ2) is 7.88. The Balaban J connectivity index is 2.86. The summed E-state index contributed by atoms with van der Waals surface area (Å²) >= 11 is 0. The van der Waals surface area contributed by atoms with Gasteiger partial charge in [-0.3, -0.25) is 4.79 Å². The summed E-state index contributed by atoms with van der Waals surface area (Å²) in [5, 5.41) is 0. The Kier molecular flexibility index (Phi) is 6.49. The molecule has 2 atom stereocenters. The van der Waals surface area contributed by atoms with Crippen molar-refractivity contribution in [3.8, 4) is 11.5 Å². The lowest BCUT2D eigenvalue weighted by Gasteiger charge is -2.20. The van der Waals surface area contributed by atoms with E-state index in [0.29, 0.717) is 11.5 Å². The van der Waals surface area contributed by atoms with Crippen molar-refractivity contribution in [3.05, 3.63) is 23.8 Å². The SMILES string of the molecule is CCC(N)Cc1ccc(OC(C)C(=O)N(C)C)c(OC)c1. The number of methoxy groups -OCH3 is 1. The maximum atomic E-state index is 11.8. The van der Waals surface area contributed by atoms with Crippen LogP contribution < -0.4 is 15.2 Å². The molecule has 0 radical (unpaired) electrons. The molecule has 1 rings (SSSR count). The Hall–Kier alpha value is -1.75. The lowest BCUT2D eigenvalue weighted by atomic mass is 10.0. The maximum Gasteiger partial charge on any atom is 0.262 e. The number of likely N-dealkylation sites (N-methyl/N-ethyl adjacent to an activating group) is 1. The number of nitrogens with zero attached hydrogens (tertiary/aromatic N) is 1. The molecule has 1 amide bonds. The molecule has 0 saturated heterocycles. The molecule has 0 heterocycles. The van der Waals surface area contributed by atoms with Crippen LogP contribution >= 0.6 is 0 Å². The molecule has 2 unspecified atom stereocenters. The molecule has 0 bridgehead atoms. The highest BCUT2D eigenvalue weighted by molar-refractivity contribution is 5.80. The highest BCUT2D eigenvalue weighted by Gasteiger charge is 2.18. The quantitative estimate of drug-likeness (QED) is 0.833. The van der Waals surface area contributed by atoms with Gasteiger partial charge < -0.3 is 20.1 Å². The molecule has 5 heteroatoms. The summed E-state index contributed by atoms with van der Waals surface area (Å²) < 4.78 is 11.0. The van der Waals surface area contributed by atoms with Gasteiger partial charge in [-0.05, 0) is 37.5 Å². The number of ether oxygens (including phenoxy) is 2. The molecule has 0 aliphatic rings. The van der Waals surface area contributed by atoms with Crippen LogP contribution in [0.3, 0.4) is 0 Å². The smallest absolute Gasteiger partial charge is 0.262 e. The lowest BCUT2D eigenvalue weighted by molar-refractivity contribution is -0.135. The zero-order chi connectivity index (χ0) is 16.0. The van der Waals surface area contributed by atoms with E-state index in [2.05, 4.69) is 6.92 Å². The Morgan fingerprint density at radius 1 is 1.33 bits per heavy atom. The largest absolute Gasteiger partial charge is 0.493 e. The fourth-order valence-electron chi connectivity index (χ4n) is 1.99. The van der Waals surface area contributed by atoms with Crippen LogP contribution in [0, 0.1) is 0 Å². The molecule has 21 heavy (non-hydrogen) atoms. The number of rotatable bonds is 7. The first-order valence-corrected chi connectivity index (χ1v) is 7.19. The fourth-order valence-corrected chi connectivity index (χ4v) is 1.99. The van der Waals surface area contributed by atoms with Crippen molar-refractivity contribution in [2.75, 3.05) is 21.2 Å². The van der Waals surface area contributed by atoms with Gasteiger partial charge in [-0.15, -0.1) is 0 Å². The van der Waals surface area contributed by atoms with Gasteiger partial charge in [-0.25, -0.2) is 0 Å². The van der Waals surface area contributed by atoms with Crippen LogP contribution in [0.2, 0.25) is 0 Å².